The van der Waals surface area contributed by atoms with Crippen LogP contribution in [0, 0.1) is 5.82 Å². The van der Waals surface area contributed by atoms with Gasteiger partial charge in [0.15, 0.2) is 0 Å². The van der Waals surface area contributed by atoms with Crippen LogP contribution in [0.25, 0.3) is 0 Å². The van der Waals surface area contributed by atoms with Gasteiger partial charge < -0.3 is 14.7 Å². The minimum atomic E-state index is -0.251. The largest absolute Gasteiger partial charge is 0.368 e. The first-order valence-electron chi connectivity index (χ1n) is 9.45. The maximum absolute atomic E-state index is 13.1. The molecule has 1 fully saturated rings. The number of hydrogen-bond donors (Lipinski definition) is 0. The van der Waals surface area contributed by atoms with Gasteiger partial charge in [0.25, 0.3) is 0 Å². The number of piperazine rings is 1. The second kappa shape index (κ2) is 9.30. The van der Waals surface area contributed by atoms with Crippen molar-refractivity contribution < 1.29 is 14.0 Å². The van der Waals surface area contributed by atoms with Gasteiger partial charge in [-0.1, -0.05) is 0 Å². The molecule has 2 heterocycles. The van der Waals surface area contributed by atoms with Crippen molar-refractivity contribution in [1.82, 2.24) is 14.8 Å². The molecule has 1 aromatic heterocycles. The topological polar surface area (TPSA) is 56.8 Å². The first-order chi connectivity index (χ1) is 13.5. The van der Waals surface area contributed by atoms with Crippen LogP contribution >= 0.6 is 0 Å². The van der Waals surface area contributed by atoms with Gasteiger partial charge in [0.2, 0.25) is 11.8 Å². The first kappa shape index (κ1) is 19.8. The van der Waals surface area contributed by atoms with Gasteiger partial charge in [0, 0.05) is 70.7 Å². The van der Waals surface area contributed by atoms with Gasteiger partial charge in [0.05, 0.1) is 0 Å². The van der Waals surface area contributed by atoms with Crippen LogP contribution in [0.1, 0.15) is 18.9 Å². The summed E-state index contributed by atoms with van der Waals surface area (Å²) in [5.74, 6) is -0.246. The molecule has 0 N–H and O–H groups in total. The van der Waals surface area contributed by atoms with E-state index in [1.165, 1.54) is 19.1 Å². The Morgan fingerprint density at radius 2 is 1.68 bits per heavy atom. The number of hydrogen-bond acceptors (Lipinski definition) is 4. The molecule has 1 aliphatic heterocycles. The summed E-state index contributed by atoms with van der Waals surface area (Å²) in [5.41, 5.74) is 1.96. The molecule has 2 amide bonds. The summed E-state index contributed by atoms with van der Waals surface area (Å²) < 4.78 is 13.1. The van der Waals surface area contributed by atoms with Crippen molar-refractivity contribution in [1.29, 1.82) is 0 Å². The van der Waals surface area contributed by atoms with Gasteiger partial charge in [-0.15, -0.1) is 0 Å². The highest BCUT2D eigenvalue weighted by Gasteiger charge is 2.22. The van der Waals surface area contributed by atoms with Crippen LogP contribution in [0.5, 0.6) is 0 Å². The van der Waals surface area contributed by atoms with E-state index in [4.69, 9.17) is 0 Å². The van der Waals surface area contributed by atoms with Gasteiger partial charge in [-0.05, 0) is 42.0 Å². The fraction of sp³-hybridized carbons (Fsp3) is 0.381. The third-order valence-corrected chi connectivity index (χ3v) is 4.99. The highest BCUT2D eigenvalue weighted by molar-refractivity contribution is 5.78. The Hall–Kier alpha value is -2.96. The lowest BCUT2D eigenvalue weighted by Gasteiger charge is -2.36. The minimum absolute atomic E-state index is 0.0502. The smallest absolute Gasteiger partial charge is 0.224 e. The van der Waals surface area contributed by atoms with E-state index < -0.39 is 0 Å². The molecule has 1 aliphatic rings. The SMILES string of the molecule is CC(=O)N(CCC(=O)N1CCN(c2ccc(F)cc2)CC1)Cc1ccncc1. The minimum Gasteiger partial charge on any atom is -0.368 e. The summed E-state index contributed by atoms with van der Waals surface area (Å²) in [6, 6.07) is 10.2. The quantitative estimate of drug-likeness (QED) is 0.767. The molecule has 0 saturated carbocycles. The number of nitrogens with zero attached hydrogens (tertiary/aromatic N) is 4. The van der Waals surface area contributed by atoms with Crippen molar-refractivity contribution in [2.24, 2.45) is 0 Å². The lowest BCUT2D eigenvalue weighted by molar-refractivity contribution is -0.134. The summed E-state index contributed by atoms with van der Waals surface area (Å²) in [7, 11) is 0. The van der Waals surface area contributed by atoms with E-state index >= 15 is 0 Å². The predicted octanol–water partition coefficient (Wildman–Crippen LogP) is 2.31. The molecular weight excluding hydrogens is 359 g/mol. The molecular formula is C21H25FN4O2. The standard InChI is InChI=1S/C21H25FN4O2/c1-17(27)26(16-18-6-9-23-10-7-18)11-8-21(28)25-14-12-24(13-15-25)20-4-2-19(22)3-5-20/h2-7,9-10H,8,11-16H2,1H3. The third kappa shape index (κ3) is 5.28. The van der Waals surface area contributed by atoms with Crippen LogP contribution in [0.4, 0.5) is 10.1 Å². The van der Waals surface area contributed by atoms with Crippen LogP contribution < -0.4 is 4.90 Å². The van der Waals surface area contributed by atoms with Crippen molar-refractivity contribution in [2.75, 3.05) is 37.6 Å². The van der Waals surface area contributed by atoms with Crippen LogP contribution in [0.15, 0.2) is 48.8 Å². The molecule has 1 aromatic carbocycles. The van der Waals surface area contributed by atoms with E-state index in [2.05, 4.69) is 9.88 Å². The summed E-state index contributed by atoms with van der Waals surface area (Å²) in [6.07, 6.45) is 3.69. The summed E-state index contributed by atoms with van der Waals surface area (Å²) in [5, 5.41) is 0. The number of halogens is 1. The third-order valence-electron chi connectivity index (χ3n) is 4.99. The second-order valence-electron chi connectivity index (χ2n) is 6.89. The normalized spacial score (nSPS) is 14.1. The molecule has 6 nitrogen and oxygen atoms in total. The molecule has 7 heteroatoms. The van der Waals surface area contributed by atoms with Gasteiger partial charge in [0.1, 0.15) is 5.82 Å². The van der Waals surface area contributed by atoms with E-state index in [-0.39, 0.29) is 17.6 Å². The Kier molecular flexibility index (Phi) is 6.57. The highest BCUT2D eigenvalue weighted by atomic mass is 19.1. The average Bonchev–Trinajstić information content (AvgIpc) is 2.72. The Labute approximate surface area is 164 Å². The number of carbonyl (C=O) groups excluding carboxylic acids is 2. The number of anilines is 1. The summed E-state index contributed by atoms with van der Waals surface area (Å²) >= 11 is 0. The second-order valence-corrected chi connectivity index (χ2v) is 6.89. The van der Waals surface area contributed by atoms with Crippen molar-refractivity contribution in [3.8, 4) is 0 Å². The lowest BCUT2D eigenvalue weighted by Crippen LogP contribution is -2.49. The van der Waals surface area contributed by atoms with E-state index in [0.29, 0.717) is 45.7 Å². The van der Waals surface area contributed by atoms with Crippen molar-refractivity contribution in [2.45, 2.75) is 19.9 Å². The monoisotopic (exact) mass is 384 g/mol. The Bertz CT molecular complexity index is 790. The predicted molar refractivity (Wildman–Crippen MR) is 105 cm³/mol. The van der Waals surface area contributed by atoms with Crippen molar-refractivity contribution in [3.05, 3.63) is 60.2 Å². The summed E-state index contributed by atoms with van der Waals surface area (Å²) in [6.45, 7) is 5.07. The maximum atomic E-state index is 13.1. The molecule has 0 spiro atoms. The van der Waals surface area contributed by atoms with E-state index in [1.807, 2.05) is 17.0 Å². The molecule has 1 saturated heterocycles. The van der Waals surface area contributed by atoms with Gasteiger partial charge in [-0.2, -0.15) is 0 Å². The van der Waals surface area contributed by atoms with E-state index in [0.717, 1.165) is 11.3 Å². The number of carbonyl (C=O) groups is 2. The molecule has 148 valence electrons. The molecule has 2 aromatic rings. The molecule has 0 unspecified atom stereocenters. The zero-order valence-corrected chi connectivity index (χ0v) is 16.1. The Balaban J connectivity index is 1.48. The van der Waals surface area contributed by atoms with Crippen LogP contribution in [0.3, 0.4) is 0 Å². The fourth-order valence-electron chi connectivity index (χ4n) is 3.31. The van der Waals surface area contributed by atoms with Crippen molar-refractivity contribution >= 4 is 17.5 Å². The number of amides is 2. The van der Waals surface area contributed by atoms with E-state index in [9.17, 15) is 14.0 Å². The molecule has 0 atom stereocenters. The van der Waals surface area contributed by atoms with Crippen molar-refractivity contribution in [3.63, 3.8) is 0 Å². The molecule has 0 aliphatic carbocycles. The van der Waals surface area contributed by atoms with E-state index in [1.54, 1.807) is 29.4 Å². The van der Waals surface area contributed by atoms with Crippen LogP contribution in [-0.4, -0.2) is 59.3 Å². The van der Waals surface area contributed by atoms with Crippen LogP contribution in [-0.2, 0) is 16.1 Å². The summed E-state index contributed by atoms with van der Waals surface area (Å²) in [4.78, 5) is 34.1. The molecule has 0 bridgehead atoms. The molecule has 3 rings (SSSR count). The van der Waals surface area contributed by atoms with Gasteiger partial charge in [-0.25, -0.2) is 4.39 Å². The Morgan fingerprint density at radius 1 is 1.04 bits per heavy atom. The highest BCUT2D eigenvalue weighted by Crippen LogP contribution is 2.17. The fourth-order valence-corrected chi connectivity index (χ4v) is 3.31. The van der Waals surface area contributed by atoms with Crippen LogP contribution in [0.2, 0.25) is 0 Å². The zero-order valence-electron chi connectivity index (χ0n) is 16.1. The van der Waals surface area contributed by atoms with Gasteiger partial charge in [-0.3, -0.25) is 14.6 Å². The average molecular weight is 384 g/mol. The maximum Gasteiger partial charge on any atom is 0.224 e. The number of aromatic nitrogens is 1. The first-order valence-corrected chi connectivity index (χ1v) is 9.45. The lowest BCUT2D eigenvalue weighted by atomic mass is 10.2. The molecule has 28 heavy (non-hydrogen) atoms. The number of pyridine rings is 1. The Morgan fingerprint density at radius 3 is 2.29 bits per heavy atom. The molecule has 0 radical (unpaired) electrons. The van der Waals surface area contributed by atoms with Gasteiger partial charge >= 0.3 is 0 Å². The number of rotatable bonds is 6. The zero-order chi connectivity index (χ0) is 19.9. The number of benzene rings is 1.